The van der Waals surface area contributed by atoms with Gasteiger partial charge in [0.25, 0.3) is 0 Å². The van der Waals surface area contributed by atoms with E-state index in [1.165, 1.54) is 12.1 Å². The number of benzene rings is 2. The Bertz CT molecular complexity index is 1140. The fourth-order valence-electron chi connectivity index (χ4n) is 4.54. The van der Waals surface area contributed by atoms with Crippen molar-refractivity contribution in [3.05, 3.63) is 72.2 Å². The third kappa shape index (κ3) is 5.35. The second kappa shape index (κ2) is 10.1. The highest BCUT2D eigenvalue weighted by Gasteiger charge is 2.41. The van der Waals surface area contributed by atoms with Crippen LogP contribution in [0.4, 0.5) is 10.1 Å². The first kappa shape index (κ1) is 22.8. The van der Waals surface area contributed by atoms with Crippen LogP contribution in [0.25, 0.3) is 10.9 Å². The monoisotopic (exact) mass is 449 g/mol. The minimum Gasteiger partial charge on any atom is -0.368 e. The van der Waals surface area contributed by atoms with Gasteiger partial charge in [-0.25, -0.2) is 4.39 Å². The molecule has 5 N–H and O–H groups in total. The zero-order chi connectivity index (χ0) is 23.4. The minimum atomic E-state index is -0.581. The van der Waals surface area contributed by atoms with E-state index in [2.05, 4.69) is 10.3 Å². The molecule has 1 aliphatic heterocycles. The molecule has 33 heavy (non-hydrogen) atoms. The van der Waals surface area contributed by atoms with Gasteiger partial charge < -0.3 is 16.8 Å². The number of likely N-dealkylation sites (tertiary alicyclic amines) is 1. The summed E-state index contributed by atoms with van der Waals surface area (Å²) in [5.74, 6) is -0.985. The number of aromatic nitrogens is 1. The first-order valence-electron chi connectivity index (χ1n) is 11.1. The molecular weight excluding hydrogens is 421 g/mol. The highest BCUT2D eigenvalue weighted by atomic mass is 19.1. The van der Waals surface area contributed by atoms with Crippen LogP contribution in [-0.2, 0) is 16.0 Å². The molecule has 2 amide bonds. The van der Waals surface area contributed by atoms with Gasteiger partial charge in [-0.3, -0.25) is 19.5 Å². The van der Waals surface area contributed by atoms with Crippen LogP contribution in [0.3, 0.4) is 0 Å². The number of pyridine rings is 1. The van der Waals surface area contributed by atoms with Crippen LogP contribution < -0.4 is 16.8 Å². The highest BCUT2D eigenvalue weighted by molar-refractivity contribution is 5.97. The Morgan fingerprint density at radius 1 is 1.18 bits per heavy atom. The Hall–Kier alpha value is -3.36. The van der Waals surface area contributed by atoms with Gasteiger partial charge in [0.1, 0.15) is 5.82 Å². The average molecular weight is 450 g/mol. The predicted octanol–water partition coefficient (Wildman–Crippen LogP) is 2.45. The number of fused-ring (bicyclic) bond motifs is 1. The number of rotatable bonds is 8. The normalized spacial score (nSPS) is 19.5. The van der Waals surface area contributed by atoms with Crippen molar-refractivity contribution < 1.29 is 14.0 Å². The average Bonchev–Trinajstić information content (AvgIpc) is 3.24. The zero-order valence-corrected chi connectivity index (χ0v) is 18.3. The smallest absolute Gasteiger partial charge is 0.241 e. The second-order valence-corrected chi connectivity index (χ2v) is 8.54. The third-order valence-electron chi connectivity index (χ3n) is 6.25. The molecule has 1 aromatic heterocycles. The summed E-state index contributed by atoms with van der Waals surface area (Å²) in [5.41, 5.74) is 13.8. The molecule has 0 spiro atoms. The van der Waals surface area contributed by atoms with E-state index in [9.17, 15) is 14.0 Å². The van der Waals surface area contributed by atoms with Crippen molar-refractivity contribution in [1.82, 2.24) is 9.88 Å². The molecule has 4 rings (SSSR count). The van der Waals surface area contributed by atoms with E-state index < -0.39 is 18.0 Å². The van der Waals surface area contributed by atoms with Gasteiger partial charge in [-0.1, -0.05) is 30.3 Å². The van der Waals surface area contributed by atoms with E-state index in [4.69, 9.17) is 11.5 Å². The fourth-order valence-corrected chi connectivity index (χ4v) is 4.54. The molecule has 3 atom stereocenters. The number of amides is 2. The van der Waals surface area contributed by atoms with E-state index in [0.29, 0.717) is 48.9 Å². The van der Waals surface area contributed by atoms with E-state index in [1.807, 2.05) is 35.2 Å². The highest BCUT2D eigenvalue weighted by Crippen LogP contribution is 2.28. The number of carbonyl (C=O) groups excluding carboxylic acids is 2. The molecule has 1 fully saturated rings. The molecule has 2 heterocycles. The molecule has 0 radical (unpaired) electrons. The van der Waals surface area contributed by atoms with Crippen molar-refractivity contribution in [1.29, 1.82) is 0 Å². The van der Waals surface area contributed by atoms with Gasteiger partial charge in [-0.05, 0) is 61.6 Å². The molecular formula is C25H28FN5O2. The Morgan fingerprint density at radius 3 is 2.70 bits per heavy atom. The lowest BCUT2D eigenvalue weighted by molar-refractivity contribution is -0.127. The maximum atomic E-state index is 13.6. The topological polar surface area (TPSA) is 114 Å². The molecule has 8 heteroatoms. The Kier molecular flexibility index (Phi) is 6.96. The minimum absolute atomic E-state index is 0.0971. The summed E-state index contributed by atoms with van der Waals surface area (Å²) in [6.45, 7) is 0.950. The van der Waals surface area contributed by atoms with Crippen molar-refractivity contribution in [2.24, 2.45) is 17.4 Å². The molecule has 3 aromatic rings. The Labute approximate surface area is 192 Å². The van der Waals surface area contributed by atoms with Gasteiger partial charge in [0.05, 0.1) is 29.5 Å². The SMILES string of the molecule is NCC1CC(C(N)=O)N([C@H](CCc2ccccc2)C(=O)Nc2cnc3ccc(F)cc3c2)C1. The first-order chi connectivity index (χ1) is 15.9. The zero-order valence-electron chi connectivity index (χ0n) is 18.3. The number of nitrogens with zero attached hydrogens (tertiary/aromatic N) is 2. The number of hydrogen-bond acceptors (Lipinski definition) is 5. The van der Waals surface area contributed by atoms with Crippen LogP contribution in [0.1, 0.15) is 18.4 Å². The Morgan fingerprint density at radius 2 is 1.97 bits per heavy atom. The predicted molar refractivity (Wildman–Crippen MR) is 126 cm³/mol. The van der Waals surface area contributed by atoms with Crippen molar-refractivity contribution in [3.8, 4) is 0 Å². The lowest BCUT2D eigenvalue weighted by Gasteiger charge is -2.31. The number of anilines is 1. The number of halogens is 1. The summed E-state index contributed by atoms with van der Waals surface area (Å²) in [6, 6.07) is 14.7. The number of nitrogens with one attached hydrogen (secondary N) is 1. The van der Waals surface area contributed by atoms with E-state index in [0.717, 1.165) is 5.56 Å². The summed E-state index contributed by atoms with van der Waals surface area (Å²) < 4.78 is 13.6. The van der Waals surface area contributed by atoms with Gasteiger partial charge in [0.15, 0.2) is 0 Å². The molecule has 172 valence electrons. The molecule has 2 aromatic carbocycles. The summed E-state index contributed by atoms with van der Waals surface area (Å²) in [4.78, 5) is 31.8. The quantitative estimate of drug-likeness (QED) is 0.489. The summed E-state index contributed by atoms with van der Waals surface area (Å²) in [5, 5.41) is 3.50. The third-order valence-corrected chi connectivity index (χ3v) is 6.25. The number of carbonyl (C=O) groups is 2. The van der Waals surface area contributed by atoms with Gasteiger partial charge >= 0.3 is 0 Å². The van der Waals surface area contributed by atoms with Gasteiger partial charge in [-0.2, -0.15) is 0 Å². The van der Waals surface area contributed by atoms with E-state index in [1.54, 1.807) is 18.3 Å². The molecule has 7 nitrogen and oxygen atoms in total. The van der Waals surface area contributed by atoms with Gasteiger partial charge in [0.2, 0.25) is 11.8 Å². The van der Waals surface area contributed by atoms with Crippen LogP contribution in [0.5, 0.6) is 0 Å². The van der Waals surface area contributed by atoms with Crippen LogP contribution in [0.2, 0.25) is 0 Å². The van der Waals surface area contributed by atoms with Gasteiger partial charge in [0, 0.05) is 11.9 Å². The van der Waals surface area contributed by atoms with Crippen molar-refractivity contribution in [3.63, 3.8) is 0 Å². The first-order valence-corrected chi connectivity index (χ1v) is 11.1. The van der Waals surface area contributed by atoms with Crippen LogP contribution in [0, 0.1) is 11.7 Å². The number of aryl methyl sites for hydroxylation is 1. The summed E-state index contributed by atoms with van der Waals surface area (Å²) >= 11 is 0. The van der Waals surface area contributed by atoms with Crippen molar-refractivity contribution in [2.45, 2.75) is 31.3 Å². The molecule has 2 unspecified atom stereocenters. The summed E-state index contributed by atoms with van der Waals surface area (Å²) in [7, 11) is 0. The van der Waals surface area contributed by atoms with Crippen molar-refractivity contribution in [2.75, 3.05) is 18.4 Å². The standard InChI is InChI=1S/C25H28FN5O2/c26-19-7-8-21-18(11-19)12-20(14-29-21)30-25(33)22(9-6-16-4-2-1-3-5-16)31-15-17(13-27)10-23(31)24(28)32/h1-5,7-8,11-12,14,17,22-23H,6,9-10,13,15,27H2,(H2,28,32)(H,30,33)/t17?,22-,23?/m1/s1. The summed E-state index contributed by atoms with van der Waals surface area (Å²) in [6.07, 6.45) is 3.25. The molecule has 1 saturated heterocycles. The molecule has 1 aliphatic rings. The van der Waals surface area contributed by atoms with Crippen LogP contribution >= 0.6 is 0 Å². The largest absolute Gasteiger partial charge is 0.368 e. The fraction of sp³-hybridized carbons (Fsp3) is 0.320. The second-order valence-electron chi connectivity index (χ2n) is 8.54. The molecule has 0 aliphatic carbocycles. The lowest BCUT2D eigenvalue weighted by Crippen LogP contribution is -2.51. The maximum absolute atomic E-state index is 13.6. The number of hydrogen-bond donors (Lipinski definition) is 3. The van der Waals surface area contributed by atoms with Crippen LogP contribution in [-0.4, -0.2) is 46.9 Å². The van der Waals surface area contributed by atoms with Crippen molar-refractivity contribution >= 4 is 28.4 Å². The number of primary amides is 1. The Balaban J connectivity index is 1.58. The van der Waals surface area contributed by atoms with E-state index >= 15 is 0 Å². The van der Waals surface area contributed by atoms with E-state index in [-0.39, 0.29) is 17.6 Å². The number of nitrogens with two attached hydrogens (primary N) is 2. The molecule has 0 bridgehead atoms. The molecule has 0 saturated carbocycles. The van der Waals surface area contributed by atoms with Crippen LogP contribution in [0.15, 0.2) is 60.8 Å². The lowest BCUT2D eigenvalue weighted by atomic mass is 10.0. The maximum Gasteiger partial charge on any atom is 0.241 e. The van der Waals surface area contributed by atoms with Gasteiger partial charge in [-0.15, -0.1) is 0 Å².